The maximum absolute atomic E-state index is 10.3. The highest BCUT2D eigenvalue weighted by molar-refractivity contribution is 5.81. The first-order valence-corrected chi connectivity index (χ1v) is 10.4. The lowest BCUT2D eigenvalue weighted by atomic mass is 10.1. The highest BCUT2D eigenvalue weighted by atomic mass is 16.5. The second-order valence-electron chi connectivity index (χ2n) is 7.31. The molecule has 0 spiro atoms. The quantitative estimate of drug-likeness (QED) is 0.365. The molecule has 0 amide bonds. The van der Waals surface area contributed by atoms with E-state index in [0.717, 1.165) is 28.8 Å². The number of aliphatic hydroxyl groups excluding tert-OH is 1. The minimum atomic E-state index is -0.687. The van der Waals surface area contributed by atoms with Gasteiger partial charge >= 0.3 is 0 Å². The van der Waals surface area contributed by atoms with Gasteiger partial charge in [-0.3, -0.25) is 4.99 Å². The summed E-state index contributed by atoms with van der Waals surface area (Å²) in [6.07, 6.45) is -0.766. The van der Waals surface area contributed by atoms with Crippen molar-refractivity contribution in [3.05, 3.63) is 72.0 Å². The van der Waals surface area contributed by atoms with E-state index in [2.05, 4.69) is 15.6 Å². The van der Waals surface area contributed by atoms with Gasteiger partial charge in [-0.1, -0.05) is 48.5 Å². The zero-order valence-electron chi connectivity index (χ0n) is 17.8. The van der Waals surface area contributed by atoms with Crippen LogP contribution >= 0.6 is 0 Å². The van der Waals surface area contributed by atoms with Gasteiger partial charge in [0.15, 0.2) is 5.96 Å². The smallest absolute Gasteiger partial charge is 0.191 e. The number of para-hydroxylation sites is 1. The molecule has 1 heterocycles. The third-order valence-corrected chi connectivity index (χ3v) is 4.84. The summed E-state index contributed by atoms with van der Waals surface area (Å²) in [4.78, 5) is 4.51. The highest BCUT2D eigenvalue weighted by Crippen LogP contribution is 2.23. The van der Waals surface area contributed by atoms with Crippen molar-refractivity contribution in [3.63, 3.8) is 0 Å². The highest BCUT2D eigenvalue weighted by Gasteiger charge is 2.14. The van der Waals surface area contributed by atoms with Crippen molar-refractivity contribution in [2.45, 2.75) is 39.0 Å². The number of nitrogens with zero attached hydrogens (tertiary/aromatic N) is 1. The second kappa shape index (κ2) is 10.8. The van der Waals surface area contributed by atoms with E-state index in [1.54, 1.807) is 0 Å². The third kappa shape index (κ3) is 6.08. The monoisotopic (exact) mass is 409 g/mol. The van der Waals surface area contributed by atoms with Gasteiger partial charge in [-0.25, -0.2) is 0 Å². The fraction of sp³-hybridized carbons (Fsp3) is 0.375. The molecule has 0 aliphatic rings. The van der Waals surface area contributed by atoms with Crippen LogP contribution in [-0.2, 0) is 4.74 Å². The summed E-state index contributed by atoms with van der Waals surface area (Å²) in [7, 11) is 0. The minimum absolute atomic E-state index is 0.0679. The van der Waals surface area contributed by atoms with Crippen molar-refractivity contribution in [1.82, 2.24) is 10.6 Å². The van der Waals surface area contributed by atoms with Gasteiger partial charge in [-0.2, -0.15) is 0 Å². The first kappa shape index (κ1) is 21.9. The topological polar surface area (TPSA) is 79.0 Å². The van der Waals surface area contributed by atoms with E-state index in [9.17, 15) is 5.11 Å². The number of hydrogen-bond donors (Lipinski definition) is 3. The molecular formula is C24H31N3O3. The largest absolute Gasteiger partial charge is 0.459 e. The third-order valence-electron chi connectivity index (χ3n) is 4.84. The number of aliphatic hydroxyl groups is 1. The molecule has 0 aliphatic heterocycles. The van der Waals surface area contributed by atoms with Crippen molar-refractivity contribution in [3.8, 4) is 0 Å². The summed E-state index contributed by atoms with van der Waals surface area (Å²) in [5, 5.41) is 17.9. The van der Waals surface area contributed by atoms with Gasteiger partial charge in [0.25, 0.3) is 0 Å². The lowest BCUT2D eigenvalue weighted by Crippen LogP contribution is -2.39. The lowest BCUT2D eigenvalue weighted by molar-refractivity contribution is 0.00111. The number of nitrogens with one attached hydrogen (secondary N) is 2. The summed E-state index contributed by atoms with van der Waals surface area (Å²) in [6, 6.07) is 19.9. The number of aliphatic imine (C=N–C) groups is 1. The number of rotatable bonds is 9. The van der Waals surface area contributed by atoms with E-state index in [-0.39, 0.29) is 25.3 Å². The Morgan fingerprint density at radius 3 is 2.57 bits per heavy atom. The first-order valence-electron chi connectivity index (χ1n) is 10.4. The molecule has 160 valence electrons. The van der Waals surface area contributed by atoms with Crippen molar-refractivity contribution < 1.29 is 14.3 Å². The van der Waals surface area contributed by atoms with Gasteiger partial charge in [-0.15, -0.1) is 0 Å². The number of hydrogen-bond acceptors (Lipinski definition) is 4. The summed E-state index contributed by atoms with van der Waals surface area (Å²) in [5.41, 5.74) is 1.95. The maximum Gasteiger partial charge on any atom is 0.191 e. The average molecular weight is 410 g/mol. The zero-order chi connectivity index (χ0) is 21.3. The molecule has 0 aliphatic carbocycles. The summed E-state index contributed by atoms with van der Waals surface area (Å²) in [6.45, 7) is 7.18. The molecule has 0 radical (unpaired) electrons. The van der Waals surface area contributed by atoms with Gasteiger partial charge in [-0.05, 0) is 38.5 Å². The van der Waals surface area contributed by atoms with E-state index in [4.69, 9.17) is 9.15 Å². The normalized spacial score (nSPS) is 15.0. The summed E-state index contributed by atoms with van der Waals surface area (Å²) >= 11 is 0. The Balaban J connectivity index is 1.54. The molecule has 1 aromatic heterocycles. The Morgan fingerprint density at radius 2 is 1.83 bits per heavy atom. The molecule has 30 heavy (non-hydrogen) atoms. The molecule has 6 nitrogen and oxygen atoms in total. The van der Waals surface area contributed by atoms with Gasteiger partial charge in [0.1, 0.15) is 11.3 Å². The van der Waals surface area contributed by atoms with E-state index >= 15 is 0 Å². The molecular weight excluding hydrogens is 378 g/mol. The fourth-order valence-electron chi connectivity index (χ4n) is 3.14. The van der Waals surface area contributed by atoms with Crippen molar-refractivity contribution in [2.24, 2.45) is 4.99 Å². The number of ether oxygens (including phenoxy) is 1. The number of furan rings is 1. The summed E-state index contributed by atoms with van der Waals surface area (Å²) in [5.74, 6) is 1.46. The molecule has 6 heteroatoms. The average Bonchev–Trinajstić information content (AvgIpc) is 3.21. The molecule has 3 rings (SSSR count). The van der Waals surface area contributed by atoms with Crippen LogP contribution in [0.25, 0.3) is 11.0 Å². The second-order valence-corrected chi connectivity index (χ2v) is 7.31. The van der Waals surface area contributed by atoms with Crippen molar-refractivity contribution in [1.29, 1.82) is 0 Å². The molecule has 3 unspecified atom stereocenters. The number of benzene rings is 2. The van der Waals surface area contributed by atoms with E-state index < -0.39 is 6.10 Å². The molecule has 3 aromatic rings. The van der Waals surface area contributed by atoms with E-state index in [1.807, 2.05) is 81.4 Å². The molecule has 0 saturated carbocycles. The molecule has 0 bridgehead atoms. The van der Waals surface area contributed by atoms with Crippen LogP contribution in [0.2, 0.25) is 0 Å². The molecule has 3 N–H and O–H groups in total. The van der Waals surface area contributed by atoms with Crippen LogP contribution in [-0.4, -0.2) is 36.9 Å². The van der Waals surface area contributed by atoms with Crippen LogP contribution in [0.15, 0.2) is 70.1 Å². The van der Waals surface area contributed by atoms with Crippen LogP contribution in [0.1, 0.15) is 44.2 Å². The van der Waals surface area contributed by atoms with Crippen LogP contribution < -0.4 is 10.6 Å². The predicted octanol–water partition coefficient (Wildman–Crippen LogP) is 4.19. The van der Waals surface area contributed by atoms with Crippen LogP contribution in [0.4, 0.5) is 0 Å². The Morgan fingerprint density at radius 1 is 1.10 bits per heavy atom. The van der Waals surface area contributed by atoms with E-state index in [0.29, 0.717) is 5.96 Å². The SMILES string of the molecule is CCNC(=NCC(O)COC(C)c1ccccc1)NC(C)c1cc2ccccc2o1. The van der Waals surface area contributed by atoms with Crippen LogP contribution in [0.5, 0.6) is 0 Å². The maximum atomic E-state index is 10.3. The number of guanidine groups is 1. The molecule has 0 fully saturated rings. The molecule has 0 saturated heterocycles. The van der Waals surface area contributed by atoms with Crippen molar-refractivity contribution in [2.75, 3.05) is 19.7 Å². The zero-order valence-corrected chi connectivity index (χ0v) is 17.8. The predicted molar refractivity (Wildman–Crippen MR) is 121 cm³/mol. The minimum Gasteiger partial charge on any atom is -0.459 e. The van der Waals surface area contributed by atoms with E-state index in [1.165, 1.54) is 0 Å². The fourth-order valence-corrected chi connectivity index (χ4v) is 3.14. The van der Waals surface area contributed by atoms with Crippen LogP contribution in [0.3, 0.4) is 0 Å². The lowest BCUT2D eigenvalue weighted by Gasteiger charge is -2.18. The number of fused-ring (bicyclic) bond motifs is 1. The Bertz CT molecular complexity index is 906. The Labute approximate surface area is 178 Å². The molecule has 3 atom stereocenters. The van der Waals surface area contributed by atoms with Gasteiger partial charge < -0.3 is 24.9 Å². The molecule has 2 aromatic carbocycles. The van der Waals surface area contributed by atoms with Gasteiger partial charge in [0.2, 0.25) is 0 Å². The standard InChI is InChI=1S/C24H31N3O3/c1-4-25-24(27-17(2)23-14-20-12-8-9-13-22(20)30-23)26-15-21(28)16-29-18(3)19-10-6-5-7-11-19/h5-14,17-18,21,28H,4,15-16H2,1-3H3,(H2,25,26,27). The van der Waals surface area contributed by atoms with Gasteiger partial charge in [0, 0.05) is 11.9 Å². The Hall–Kier alpha value is -2.83. The first-order chi connectivity index (χ1) is 14.6. The Kier molecular flexibility index (Phi) is 7.88. The van der Waals surface area contributed by atoms with Crippen LogP contribution in [0, 0.1) is 0 Å². The summed E-state index contributed by atoms with van der Waals surface area (Å²) < 4.78 is 11.7. The van der Waals surface area contributed by atoms with Gasteiger partial charge in [0.05, 0.1) is 31.4 Å². The van der Waals surface area contributed by atoms with Crippen molar-refractivity contribution >= 4 is 16.9 Å².